The Morgan fingerprint density at radius 3 is 2.05 bits per heavy atom. The number of carboxylic acids is 2. The third-order valence-corrected chi connectivity index (χ3v) is 3.25. The third kappa shape index (κ3) is 7.43. The Bertz CT molecular complexity index is 345. The monoisotopic (exact) mass is 273 g/mol. The quantitative estimate of drug-likeness (QED) is 0.652. The molecule has 0 aromatic heterocycles. The van der Waals surface area contributed by atoms with Crippen molar-refractivity contribution in [3.8, 4) is 0 Å². The first kappa shape index (κ1) is 17.4. The van der Waals surface area contributed by atoms with E-state index in [1.165, 1.54) is 0 Å². The molecule has 0 spiro atoms. The Morgan fingerprint density at radius 2 is 1.68 bits per heavy atom. The molecule has 0 radical (unpaired) electrons. The largest absolute Gasteiger partial charge is 0.481 e. The highest BCUT2D eigenvalue weighted by molar-refractivity contribution is 5.84. The van der Waals surface area contributed by atoms with E-state index in [1.54, 1.807) is 0 Å². The lowest BCUT2D eigenvalue weighted by Gasteiger charge is -2.27. The van der Waals surface area contributed by atoms with Crippen molar-refractivity contribution in [2.24, 2.45) is 11.3 Å². The molecule has 0 saturated heterocycles. The smallest absolute Gasteiger partial charge is 0.326 e. The molecular formula is C13H23NO5. The lowest BCUT2D eigenvalue weighted by molar-refractivity contribution is -0.143. The van der Waals surface area contributed by atoms with E-state index >= 15 is 0 Å². The fourth-order valence-electron chi connectivity index (χ4n) is 1.36. The van der Waals surface area contributed by atoms with Crippen molar-refractivity contribution in [3.63, 3.8) is 0 Å². The van der Waals surface area contributed by atoms with Crippen molar-refractivity contribution in [3.05, 3.63) is 0 Å². The summed E-state index contributed by atoms with van der Waals surface area (Å²) in [4.78, 5) is 33.1. The minimum Gasteiger partial charge on any atom is -0.481 e. The van der Waals surface area contributed by atoms with E-state index < -0.39 is 18.0 Å². The fourth-order valence-corrected chi connectivity index (χ4v) is 1.36. The molecule has 19 heavy (non-hydrogen) atoms. The van der Waals surface area contributed by atoms with Crippen LogP contribution in [0.3, 0.4) is 0 Å². The lowest BCUT2D eigenvalue weighted by atomic mass is 9.80. The molecule has 0 aromatic carbocycles. The van der Waals surface area contributed by atoms with Gasteiger partial charge in [-0.05, 0) is 17.8 Å². The number of amides is 1. The van der Waals surface area contributed by atoms with Gasteiger partial charge in [-0.2, -0.15) is 0 Å². The van der Waals surface area contributed by atoms with Gasteiger partial charge in [0, 0.05) is 12.8 Å². The van der Waals surface area contributed by atoms with Gasteiger partial charge in [-0.15, -0.1) is 0 Å². The molecular weight excluding hydrogens is 250 g/mol. The third-order valence-electron chi connectivity index (χ3n) is 3.25. The first-order valence-electron chi connectivity index (χ1n) is 6.28. The molecule has 0 fully saturated rings. The van der Waals surface area contributed by atoms with Crippen molar-refractivity contribution in [1.29, 1.82) is 0 Å². The van der Waals surface area contributed by atoms with Crippen LogP contribution in [0.5, 0.6) is 0 Å². The van der Waals surface area contributed by atoms with E-state index in [2.05, 4.69) is 5.32 Å². The van der Waals surface area contributed by atoms with Crippen LogP contribution in [0.4, 0.5) is 0 Å². The van der Waals surface area contributed by atoms with Crippen LogP contribution in [0.25, 0.3) is 0 Å². The molecule has 0 aliphatic rings. The zero-order chi connectivity index (χ0) is 15.2. The summed E-state index contributed by atoms with van der Waals surface area (Å²) in [5, 5.41) is 19.8. The molecule has 0 aliphatic carbocycles. The van der Waals surface area contributed by atoms with Crippen molar-refractivity contribution in [1.82, 2.24) is 5.32 Å². The Morgan fingerprint density at radius 1 is 1.16 bits per heavy atom. The highest BCUT2D eigenvalue weighted by Gasteiger charge is 2.25. The van der Waals surface area contributed by atoms with Crippen molar-refractivity contribution < 1.29 is 24.6 Å². The Labute approximate surface area is 113 Å². The molecule has 0 rings (SSSR count). The zero-order valence-electron chi connectivity index (χ0n) is 11.9. The molecule has 0 aromatic rings. The van der Waals surface area contributed by atoms with Gasteiger partial charge in [0.15, 0.2) is 0 Å². The second-order valence-electron chi connectivity index (χ2n) is 5.86. The Balaban J connectivity index is 4.40. The van der Waals surface area contributed by atoms with Crippen molar-refractivity contribution in [2.45, 2.75) is 53.0 Å². The van der Waals surface area contributed by atoms with Gasteiger partial charge in [0.05, 0.1) is 0 Å². The Kier molecular flexibility index (Phi) is 6.52. The van der Waals surface area contributed by atoms with E-state index in [0.29, 0.717) is 0 Å². The van der Waals surface area contributed by atoms with Gasteiger partial charge in [-0.3, -0.25) is 9.59 Å². The highest BCUT2D eigenvalue weighted by Crippen LogP contribution is 2.27. The van der Waals surface area contributed by atoms with E-state index in [4.69, 9.17) is 10.2 Å². The number of carbonyl (C=O) groups is 3. The minimum atomic E-state index is -1.21. The number of hydrogen-bond acceptors (Lipinski definition) is 3. The van der Waals surface area contributed by atoms with Crippen LogP contribution < -0.4 is 5.32 Å². The zero-order valence-corrected chi connectivity index (χ0v) is 11.9. The van der Waals surface area contributed by atoms with E-state index in [1.807, 2.05) is 27.7 Å². The fraction of sp³-hybridized carbons (Fsp3) is 0.769. The maximum atomic E-state index is 11.7. The van der Waals surface area contributed by atoms with Crippen LogP contribution in [0, 0.1) is 11.3 Å². The summed E-state index contributed by atoms with van der Waals surface area (Å²) in [5.74, 6) is -2.55. The average molecular weight is 273 g/mol. The number of carboxylic acid groups (broad SMARTS) is 2. The number of carbonyl (C=O) groups excluding carboxylic acids is 1. The van der Waals surface area contributed by atoms with Gasteiger partial charge in [0.2, 0.25) is 5.91 Å². The summed E-state index contributed by atoms with van der Waals surface area (Å²) >= 11 is 0. The summed E-state index contributed by atoms with van der Waals surface area (Å²) in [6.45, 7) is 7.94. The van der Waals surface area contributed by atoms with Gasteiger partial charge in [0.25, 0.3) is 0 Å². The molecule has 110 valence electrons. The summed E-state index contributed by atoms with van der Waals surface area (Å²) in [5.41, 5.74) is -0.0445. The topological polar surface area (TPSA) is 104 Å². The first-order valence-corrected chi connectivity index (χ1v) is 6.28. The molecule has 3 N–H and O–H groups in total. The lowest BCUT2D eigenvalue weighted by Crippen LogP contribution is -2.42. The summed E-state index contributed by atoms with van der Waals surface area (Å²) in [6, 6.07) is -1.14. The first-order chi connectivity index (χ1) is 8.54. The SMILES string of the molecule is CC(CC(=O)N[C@@H](CCC(=O)O)C(=O)O)C(C)(C)C. The van der Waals surface area contributed by atoms with Crippen LogP contribution >= 0.6 is 0 Å². The van der Waals surface area contributed by atoms with Gasteiger partial charge in [-0.25, -0.2) is 4.79 Å². The van der Waals surface area contributed by atoms with Crippen LogP contribution in [0.1, 0.15) is 47.0 Å². The van der Waals surface area contributed by atoms with Crippen LogP contribution in [0.15, 0.2) is 0 Å². The molecule has 1 unspecified atom stereocenters. The summed E-state index contributed by atoms with van der Waals surface area (Å²) in [7, 11) is 0. The van der Waals surface area contributed by atoms with E-state index in [-0.39, 0.29) is 36.5 Å². The number of aliphatic carboxylic acids is 2. The number of hydrogen-bond donors (Lipinski definition) is 3. The van der Waals surface area contributed by atoms with Crippen LogP contribution in [0.2, 0.25) is 0 Å². The molecule has 0 saturated carbocycles. The minimum absolute atomic E-state index is 0.0445. The molecule has 0 bridgehead atoms. The standard InChI is InChI=1S/C13H23NO5/c1-8(13(2,3)4)7-10(15)14-9(12(18)19)5-6-11(16)17/h8-9H,5-7H2,1-4H3,(H,14,15)(H,16,17)(H,18,19)/t8?,9-/m0/s1. The normalized spacial score (nSPS) is 14.5. The van der Waals surface area contributed by atoms with Gasteiger partial charge in [0.1, 0.15) is 6.04 Å². The van der Waals surface area contributed by atoms with Crippen molar-refractivity contribution >= 4 is 17.8 Å². The molecule has 0 heterocycles. The highest BCUT2D eigenvalue weighted by atomic mass is 16.4. The maximum Gasteiger partial charge on any atom is 0.326 e. The van der Waals surface area contributed by atoms with Crippen LogP contribution in [-0.2, 0) is 14.4 Å². The van der Waals surface area contributed by atoms with E-state index in [0.717, 1.165) is 0 Å². The predicted molar refractivity (Wildman–Crippen MR) is 69.7 cm³/mol. The Hall–Kier alpha value is -1.59. The number of nitrogens with one attached hydrogen (secondary N) is 1. The molecule has 1 amide bonds. The molecule has 6 nitrogen and oxygen atoms in total. The van der Waals surface area contributed by atoms with Gasteiger partial charge >= 0.3 is 11.9 Å². The molecule has 6 heteroatoms. The average Bonchev–Trinajstić information content (AvgIpc) is 2.21. The second-order valence-corrected chi connectivity index (χ2v) is 5.86. The van der Waals surface area contributed by atoms with Crippen molar-refractivity contribution in [2.75, 3.05) is 0 Å². The summed E-state index contributed by atoms with van der Waals surface area (Å²) < 4.78 is 0. The van der Waals surface area contributed by atoms with E-state index in [9.17, 15) is 14.4 Å². The second kappa shape index (κ2) is 7.11. The summed E-state index contributed by atoms with van der Waals surface area (Å²) in [6.07, 6.45) is -0.174. The maximum absolute atomic E-state index is 11.7. The number of rotatable bonds is 7. The molecule has 0 aliphatic heterocycles. The van der Waals surface area contributed by atoms with Crippen LogP contribution in [-0.4, -0.2) is 34.1 Å². The van der Waals surface area contributed by atoms with Gasteiger partial charge in [-0.1, -0.05) is 27.7 Å². The molecule has 2 atom stereocenters. The predicted octanol–water partition coefficient (Wildman–Crippen LogP) is 1.49. The van der Waals surface area contributed by atoms with Gasteiger partial charge < -0.3 is 15.5 Å².